The molecule has 1 aromatic heterocycles. The molecule has 0 bridgehead atoms. The number of hydrogen-bond acceptors (Lipinski definition) is 5. The molecule has 0 unspecified atom stereocenters. The second-order valence-corrected chi connectivity index (χ2v) is 5.23. The Hall–Kier alpha value is -3.16. The minimum atomic E-state index is -4.93. The van der Waals surface area contributed by atoms with Crippen molar-refractivity contribution in [1.82, 2.24) is 0 Å². The predicted octanol–water partition coefficient (Wildman–Crippen LogP) is 4.62. The third-order valence-corrected chi connectivity index (χ3v) is 3.58. The standard InChI is InChI=1S/C18H13F3O5/c1-23-10-4-3-5-12(8-10)25-16-15(22)13-7-6-11(24-2)9-14(13)26-17(16)18(19,20)21/h3-9H,1-2H3. The van der Waals surface area contributed by atoms with E-state index in [4.69, 9.17) is 18.6 Å². The van der Waals surface area contributed by atoms with Crippen LogP contribution in [0.3, 0.4) is 0 Å². The summed E-state index contributed by atoms with van der Waals surface area (Å²) in [6, 6.07) is 9.85. The monoisotopic (exact) mass is 366 g/mol. The minimum Gasteiger partial charge on any atom is -0.497 e. The minimum absolute atomic E-state index is 0.00927. The molecular formula is C18H13F3O5. The van der Waals surface area contributed by atoms with E-state index in [1.165, 1.54) is 50.6 Å². The van der Waals surface area contributed by atoms with Crippen molar-refractivity contribution >= 4 is 11.0 Å². The van der Waals surface area contributed by atoms with Crippen molar-refractivity contribution in [2.75, 3.05) is 14.2 Å². The molecule has 0 aliphatic carbocycles. The first-order chi connectivity index (χ1) is 12.3. The average Bonchev–Trinajstić information content (AvgIpc) is 2.62. The Labute approximate surface area is 145 Å². The highest BCUT2D eigenvalue weighted by atomic mass is 19.4. The van der Waals surface area contributed by atoms with Crippen molar-refractivity contribution in [1.29, 1.82) is 0 Å². The maximum absolute atomic E-state index is 13.4. The summed E-state index contributed by atoms with van der Waals surface area (Å²) in [7, 11) is 2.75. The Morgan fingerprint density at radius 3 is 2.23 bits per heavy atom. The molecule has 8 heteroatoms. The summed E-state index contributed by atoms with van der Waals surface area (Å²) in [5.74, 6) is -1.83. The number of ether oxygens (including phenoxy) is 3. The molecule has 0 N–H and O–H groups in total. The molecule has 0 aliphatic heterocycles. The van der Waals surface area contributed by atoms with E-state index in [1.807, 2.05) is 0 Å². The second-order valence-electron chi connectivity index (χ2n) is 5.23. The molecule has 0 amide bonds. The quantitative estimate of drug-likeness (QED) is 0.674. The first-order valence-electron chi connectivity index (χ1n) is 7.37. The summed E-state index contributed by atoms with van der Waals surface area (Å²) >= 11 is 0. The van der Waals surface area contributed by atoms with Crippen molar-refractivity contribution in [3.8, 4) is 23.0 Å². The van der Waals surface area contributed by atoms with Crippen molar-refractivity contribution < 1.29 is 31.8 Å². The number of methoxy groups -OCH3 is 2. The van der Waals surface area contributed by atoms with Crippen LogP contribution in [0.5, 0.6) is 23.0 Å². The van der Waals surface area contributed by atoms with Gasteiger partial charge in [0.1, 0.15) is 22.8 Å². The number of halogens is 3. The Morgan fingerprint density at radius 1 is 0.923 bits per heavy atom. The van der Waals surface area contributed by atoms with Gasteiger partial charge in [0.05, 0.1) is 19.6 Å². The molecule has 0 spiro atoms. The van der Waals surface area contributed by atoms with E-state index in [0.29, 0.717) is 5.75 Å². The zero-order valence-electron chi connectivity index (χ0n) is 13.7. The fourth-order valence-electron chi connectivity index (χ4n) is 2.35. The fourth-order valence-corrected chi connectivity index (χ4v) is 2.35. The van der Waals surface area contributed by atoms with E-state index in [-0.39, 0.29) is 22.5 Å². The number of fused-ring (bicyclic) bond motifs is 1. The van der Waals surface area contributed by atoms with Crippen molar-refractivity contribution in [2.45, 2.75) is 6.18 Å². The lowest BCUT2D eigenvalue weighted by Gasteiger charge is -2.14. The molecule has 26 heavy (non-hydrogen) atoms. The molecule has 0 saturated carbocycles. The largest absolute Gasteiger partial charge is 0.497 e. The van der Waals surface area contributed by atoms with Gasteiger partial charge >= 0.3 is 6.18 Å². The van der Waals surface area contributed by atoms with Gasteiger partial charge in [-0.25, -0.2) is 0 Å². The summed E-state index contributed by atoms with van der Waals surface area (Å²) in [6.07, 6.45) is -4.93. The zero-order chi connectivity index (χ0) is 18.9. The molecule has 3 aromatic rings. The van der Waals surface area contributed by atoms with Gasteiger partial charge in [0.2, 0.25) is 11.2 Å². The number of alkyl halides is 3. The second kappa shape index (κ2) is 6.62. The SMILES string of the molecule is COc1cccc(Oc2c(C(F)(F)F)oc3cc(OC)ccc3c2=O)c1. The van der Waals surface area contributed by atoms with E-state index in [0.717, 1.165) is 0 Å². The summed E-state index contributed by atoms with van der Waals surface area (Å²) in [4.78, 5) is 12.6. The van der Waals surface area contributed by atoms with E-state index in [9.17, 15) is 18.0 Å². The van der Waals surface area contributed by atoms with Crippen LogP contribution in [-0.2, 0) is 6.18 Å². The Balaban J connectivity index is 2.22. The molecule has 0 atom stereocenters. The molecule has 3 rings (SSSR count). The predicted molar refractivity (Wildman–Crippen MR) is 87.1 cm³/mol. The summed E-state index contributed by atoms with van der Waals surface area (Å²) in [5, 5.41) is -0.0586. The average molecular weight is 366 g/mol. The van der Waals surface area contributed by atoms with E-state index >= 15 is 0 Å². The molecule has 5 nitrogen and oxygen atoms in total. The highest BCUT2D eigenvalue weighted by Gasteiger charge is 2.40. The molecule has 0 aliphatic rings. The third-order valence-electron chi connectivity index (χ3n) is 3.58. The van der Waals surface area contributed by atoms with Crippen LogP contribution in [-0.4, -0.2) is 14.2 Å². The van der Waals surface area contributed by atoms with Crippen molar-refractivity contribution in [3.05, 3.63) is 58.4 Å². The van der Waals surface area contributed by atoms with Crippen LogP contribution >= 0.6 is 0 Å². The van der Waals surface area contributed by atoms with Crippen LogP contribution in [0.1, 0.15) is 5.76 Å². The van der Waals surface area contributed by atoms with Gasteiger partial charge < -0.3 is 18.6 Å². The maximum atomic E-state index is 13.4. The van der Waals surface area contributed by atoms with Gasteiger partial charge in [0.25, 0.3) is 5.76 Å². The van der Waals surface area contributed by atoms with Crippen LogP contribution in [0.2, 0.25) is 0 Å². The van der Waals surface area contributed by atoms with Crippen LogP contribution in [0.25, 0.3) is 11.0 Å². The van der Waals surface area contributed by atoms with Crippen LogP contribution in [0.15, 0.2) is 51.7 Å². The Morgan fingerprint density at radius 2 is 1.58 bits per heavy atom. The fraction of sp³-hybridized carbons (Fsp3) is 0.167. The Bertz CT molecular complexity index is 1010. The molecule has 1 heterocycles. The third kappa shape index (κ3) is 3.30. The van der Waals surface area contributed by atoms with Gasteiger partial charge in [-0.2, -0.15) is 13.2 Å². The first-order valence-corrected chi connectivity index (χ1v) is 7.37. The lowest BCUT2D eigenvalue weighted by Crippen LogP contribution is -2.15. The van der Waals surface area contributed by atoms with Gasteiger partial charge in [-0.3, -0.25) is 4.79 Å². The highest BCUT2D eigenvalue weighted by Crippen LogP contribution is 2.39. The van der Waals surface area contributed by atoms with Crippen molar-refractivity contribution in [3.63, 3.8) is 0 Å². The summed E-state index contributed by atoms with van der Waals surface area (Å²) in [6.45, 7) is 0. The van der Waals surface area contributed by atoms with Gasteiger partial charge in [-0.05, 0) is 24.3 Å². The maximum Gasteiger partial charge on any atom is 0.453 e. The van der Waals surface area contributed by atoms with Crippen LogP contribution in [0, 0.1) is 0 Å². The van der Waals surface area contributed by atoms with Crippen LogP contribution in [0.4, 0.5) is 13.2 Å². The smallest absolute Gasteiger partial charge is 0.453 e. The number of benzene rings is 2. The molecule has 0 radical (unpaired) electrons. The lowest BCUT2D eigenvalue weighted by molar-refractivity contribution is -0.154. The molecule has 136 valence electrons. The molecule has 0 saturated heterocycles. The Kier molecular flexibility index (Phi) is 4.50. The van der Waals surface area contributed by atoms with E-state index < -0.39 is 23.1 Å². The zero-order valence-corrected chi connectivity index (χ0v) is 13.7. The van der Waals surface area contributed by atoms with Gasteiger partial charge in [0, 0.05) is 12.1 Å². The van der Waals surface area contributed by atoms with Crippen molar-refractivity contribution in [2.24, 2.45) is 0 Å². The van der Waals surface area contributed by atoms with Crippen LogP contribution < -0.4 is 19.6 Å². The molecule has 0 fully saturated rings. The van der Waals surface area contributed by atoms with E-state index in [2.05, 4.69) is 0 Å². The molecule has 2 aromatic carbocycles. The lowest BCUT2D eigenvalue weighted by atomic mass is 10.2. The van der Waals surface area contributed by atoms with Gasteiger partial charge in [-0.1, -0.05) is 6.07 Å². The highest BCUT2D eigenvalue weighted by molar-refractivity contribution is 5.79. The van der Waals surface area contributed by atoms with E-state index in [1.54, 1.807) is 6.07 Å². The number of hydrogen-bond donors (Lipinski definition) is 0. The summed E-state index contributed by atoms with van der Waals surface area (Å²) < 4.78 is 60.4. The topological polar surface area (TPSA) is 57.9 Å². The number of rotatable bonds is 4. The molecular weight excluding hydrogens is 353 g/mol. The first kappa shape index (κ1) is 17.7. The normalized spacial score (nSPS) is 11.4. The summed E-state index contributed by atoms with van der Waals surface area (Å²) in [5.41, 5.74) is -1.19. The van der Waals surface area contributed by atoms with Gasteiger partial charge in [0.15, 0.2) is 0 Å². The van der Waals surface area contributed by atoms with Gasteiger partial charge in [-0.15, -0.1) is 0 Å².